The average Bonchev–Trinajstić information content (AvgIpc) is 2.90. The third-order valence-corrected chi connectivity index (χ3v) is 4.39. The molecule has 0 bridgehead atoms. The molecule has 232 valence electrons. The van der Waals surface area contributed by atoms with E-state index in [2.05, 4.69) is 9.47 Å². The summed E-state index contributed by atoms with van der Waals surface area (Å²) in [5.74, 6) is -1.92. The van der Waals surface area contributed by atoms with Crippen LogP contribution in [0.3, 0.4) is 0 Å². The molecule has 8 N–H and O–H groups in total. The molecule has 0 saturated carbocycles. The van der Waals surface area contributed by atoms with Crippen molar-refractivity contribution in [3.8, 4) is 17.2 Å². The van der Waals surface area contributed by atoms with Gasteiger partial charge in [0, 0.05) is 41.4 Å². The Morgan fingerprint density at radius 2 is 1.00 bits per heavy atom. The van der Waals surface area contributed by atoms with Crippen molar-refractivity contribution in [3.63, 3.8) is 0 Å². The minimum absolute atomic E-state index is 0. The Labute approximate surface area is 251 Å². The van der Waals surface area contributed by atoms with Gasteiger partial charge in [-0.05, 0) is 42.8 Å². The van der Waals surface area contributed by atoms with E-state index in [-0.39, 0.29) is 82.5 Å². The van der Waals surface area contributed by atoms with Gasteiger partial charge >= 0.3 is 11.9 Å². The van der Waals surface area contributed by atoms with Gasteiger partial charge in [-0.1, -0.05) is 0 Å². The molecule has 0 radical (unpaired) electrons. The molecule has 3 unspecified atom stereocenters. The van der Waals surface area contributed by atoms with Crippen LogP contribution in [0.2, 0.25) is 0 Å². The van der Waals surface area contributed by atoms with Crippen molar-refractivity contribution in [2.75, 3.05) is 53.9 Å². The van der Waals surface area contributed by atoms with Crippen LogP contribution in [0.1, 0.15) is 26.3 Å². The average molecular weight is 758 g/mol. The molecule has 0 heterocycles. The van der Waals surface area contributed by atoms with E-state index in [0.717, 1.165) is 23.8 Å². The number of aliphatic hydroxyl groups excluding tert-OH is 5. The first-order valence-corrected chi connectivity index (χ1v) is 11.8. The second kappa shape index (κ2) is 22.8. The number of carbonyl (C=O) groups is 2. The maximum absolute atomic E-state index is 11.6. The van der Waals surface area contributed by atoms with Gasteiger partial charge < -0.3 is 59.8 Å². The van der Waals surface area contributed by atoms with E-state index in [1.165, 1.54) is 26.4 Å². The molecule has 0 spiro atoms. The summed E-state index contributed by atoms with van der Waals surface area (Å²) in [4.78, 5) is 22.9. The fourth-order valence-corrected chi connectivity index (χ4v) is 2.64. The Bertz CT molecular complexity index is 979. The first-order chi connectivity index (χ1) is 18.9. The van der Waals surface area contributed by atoms with Crippen molar-refractivity contribution >= 4 is 11.9 Å². The second-order valence-corrected chi connectivity index (χ2v) is 8.23. The van der Waals surface area contributed by atoms with Crippen molar-refractivity contribution in [2.24, 2.45) is 0 Å². The molecular formula is C26H38O14W. The van der Waals surface area contributed by atoms with Crippen LogP contribution < -0.4 is 0 Å². The second-order valence-electron chi connectivity index (χ2n) is 8.23. The Balaban J connectivity index is 0. The van der Waals surface area contributed by atoms with E-state index in [4.69, 9.17) is 40.1 Å². The number of aliphatic hydroxyl groups is 5. The van der Waals surface area contributed by atoms with E-state index in [9.17, 15) is 19.8 Å². The van der Waals surface area contributed by atoms with Crippen LogP contribution in [0, 0.1) is 6.92 Å². The monoisotopic (exact) mass is 758 g/mol. The number of rotatable bonds is 12. The van der Waals surface area contributed by atoms with Crippen molar-refractivity contribution in [1.29, 1.82) is 0 Å². The molecule has 0 aromatic heterocycles. The predicted octanol–water partition coefficient (Wildman–Crippen LogP) is -0.544. The zero-order chi connectivity index (χ0) is 30.7. The molecule has 15 heteroatoms. The molecule has 41 heavy (non-hydrogen) atoms. The van der Waals surface area contributed by atoms with Gasteiger partial charge in [-0.25, -0.2) is 9.59 Å². The van der Waals surface area contributed by atoms with Gasteiger partial charge in [-0.2, -0.15) is 0 Å². The maximum atomic E-state index is 11.6. The van der Waals surface area contributed by atoms with Gasteiger partial charge in [0.1, 0.15) is 48.8 Å². The summed E-state index contributed by atoms with van der Waals surface area (Å²) in [6, 6.07) is 7.76. The number of benzene rings is 2. The van der Waals surface area contributed by atoms with Crippen LogP contribution >= 0.6 is 0 Å². The number of hydrogen-bond acceptors (Lipinski definition) is 14. The van der Waals surface area contributed by atoms with Gasteiger partial charge in [-0.3, -0.25) is 0 Å². The van der Waals surface area contributed by atoms with Gasteiger partial charge in [0.05, 0.1) is 37.6 Å². The van der Waals surface area contributed by atoms with Crippen molar-refractivity contribution < 1.29 is 90.5 Å². The molecule has 0 aliphatic heterocycles. The molecule has 2 aromatic carbocycles. The maximum Gasteiger partial charge on any atom is 0.338 e. The van der Waals surface area contributed by atoms with Crippen molar-refractivity contribution in [1.82, 2.24) is 0 Å². The van der Waals surface area contributed by atoms with Crippen LogP contribution in [0.25, 0.3) is 0 Å². The zero-order valence-electron chi connectivity index (χ0n) is 22.9. The Morgan fingerprint density at radius 3 is 1.39 bits per heavy atom. The van der Waals surface area contributed by atoms with Gasteiger partial charge in [0.15, 0.2) is 0 Å². The summed E-state index contributed by atoms with van der Waals surface area (Å²) in [6.45, 7) is 0.832. The minimum atomic E-state index is -1.14. The molecule has 0 aliphatic carbocycles. The summed E-state index contributed by atoms with van der Waals surface area (Å²) >= 11 is 0. The third kappa shape index (κ3) is 19.0. The van der Waals surface area contributed by atoms with Crippen LogP contribution in [0.4, 0.5) is 0 Å². The van der Waals surface area contributed by atoms with Crippen LogP contribution in [0.5, 0.6) is 17.2 Å². The molecule has 2 aromatic rings. The molecule has 0 fully saturated rings. The Kier molecular flexibility index (Phi) is 22.5. The summed E-state index contributed by atoms with van der Waals surface area (Å²) in [5.41, 5.74) is 0.976. The summed E-state index contributed by atoms with van der Waals surface area (Å²) in [5, 5.41) is 70.9. The standard InChI is InChI=1S/C12H16O5.C10H12O6.C4H10O3.W/c1-8-3-9(5-10(13)4-8)12(15)17-7-11(14)6-16-2;11-4-9(14)5-16-10(15)6-1-7(12)3-8(13)2-6;1-7-3-4(6)2-5;/h3-5,11,13-14H,6-7H2,1-2H3;1-3,9,11-14H,4-5H2;4-6H,2-3H2,1H3;. The number of aromatic hydroxyl groups is 3. The van der Waals surface area contributed by atoms with Gasteiger partial charge in [0.25, 0.3) is 0 Å². The Morgan fingerprint density at radius 1 is 0.634 bits per heavy atom. The number of aryl methyl sites for hydroxylation is 1. The molecule has 3 atom stereocenters. The molecule has 14 nitrogen and oxygen atoms in total. The van der Waals surface area contributed by atoms with E-state index < -0.39 is 36.9 Å². The number of hydrogen-bond donors (Lipinski definition) is 8. The molecule has 0 saturated heterocycles. The van der Waals surface area contributed by atoms with E-state index in [1.54, 1.807) is 13.0 Å². The van der Waals surface area contributed by atoms with Crippen LogP contribution in [-0.4, -0.2) is 125 Å². The first-order valence-electron chi connectivity index (χ1n) is 11.8. The van der Waals surface area contributed by atoms with Crippen molar-refractivity contribution in [2.45, 2.75) is 25.2 Å². The smallest absolute Gasteiger partial charge is 0.338 e. The number of esters is 2. The minimum Gasteiger partial charge on any atom is -0.508 e. The Hall–Kier alpha value is -2.81. The number of ether oxygens (including phenoxy) is 4. The predicted molar refractivity (Wildman–Crippen MR) is 139 cm³/mol. The van der Waals surface area contributed by atoms with Gasteiger partial charge in [-0.15, -0.1) is 0 Å². The van der Waals surface area contributed by atoms with Crippen LogP contribution in [0.15, 0.2) is 36.4 Å². The van der Waals surface area contributed by atoms with Gasteiger partial charge in [0.2, 0.25) is 0 Å². The van der Waals surface area contributed by atoms with Crippen LogP contribution in [-0.2, 0) is 40.0 Å². The third-order valence-electron chi connectivity index (χ3n) is 4.39. The normalized spacial score (nSPS) is 12.2. The molecule has 0 aliphatic rings. The summed E-state index contributed by atoms with van der Waals surface area (Å²) < 4.78 is 18.7. The van der Waals surface area contributed by atoms with Crippen molar-refractivity contribution in [3.05, 3.63) is 53.1 Å². The molecule has 2 rings (SSSR count). The number of phenols is 3. The molecule has 0 amide bonds. The number of carbonyl (C=O) groups excluding carboxylic acids is 2. The number of phenolic OH excluding ortho intramolecular Hbond substituents is 3. The van der Waals surface area contributed by atoms with E-state index in [1.807, 2.05) is 0 Å². The number of methoxy groups -OCH3 is 2. The summed E-state index contributed by atoms with van der Waals surface area (Å²) in [7, 11) is 2.92. The zero-order valence-corrected chi connectivity index (χ0v) is 25.8. The molecular weight excluding hydrogens is 720 g/mol. The topological polar surface area (TPSA) is 233 Å². The fraction of sp³-hybridized carbons (Fsp3) is 0.462. The fourth-order valence-electron chi connectivity index (χ4n) is 2.64. The quantitative estimate of drug-likeness (QED) is 0.127. The SMILES string of the molecule is COCC(O)CO.COCC(O)COC(=O)c1cc(C)cc(O)c1.O=C(OCC(O)CO)c1cc(O)cc(O)c1.[W]. The largest absolute Gasteiger partial charge is 0.508 e. The first kappa shape index (κ1) is 40.3. The van der Waals surface area contributed by atoms with E-state index >= 15 is 0 Å². The van der Waals surface area contributed by atoms with E-state index in [0.29, 0.717) is 0 Å². The summed E-state index contributed by atoms with van der Waals surface area (Å²) in [6.07, 6.45) is -2.71.